The van der Waals surface area contributed by atoms with E-state index in [1.807, 2.05) is 0 Å². The number of aromatic amines is 1. The first-order chi connectivity index (χ1) is 7.35. The van der Waals surface area contributed by atoms with Gasteiger partial charge < -0.3 is 16.0 Å². The molecule has 1 aromatic rings. The molecule has 1 heterocycles. The zero-order valence-corrected chi connectivity index (χ0v) is 11.0. The highest BCUT2D eigenvalue weighted by molar-refractivity contribution is 5.94. The lowest BCUT2D eigenvalue weighted by Gasteiger charge is -2.23. The maximum Gasteiger partial charge on any atom is 0.260 e. The molecule has 5 nitrogen and oxygen atoms in total. The molecule has 0 radical (unpaired) electrons. The molecule has 0 spiro atoms. The van der Waals surface area contributed by atoms with Crippen molar-refractivity contribution in [2.24, 2.45) is 5.73 Å². The van der Waals surface area contributed by atoms with Crippen molar-refractivity contribution in [3.8, 4) is 0 Å². The van der Waals surface area contributed by atoms with Crippen LogP contribution in [0, 0.1) is 6.92 Å². The van der Waals surface area contributed by atoms with Crippen LogP contribution in [0.5, 0.6) is 0 Å². The fourth-order valence-corrected chi connectivity index (χ4v) is 1.18. The number of H-pyrrole nitrogens is 1. The van der Waals surface area contributed by atoms with Gasteiger partial charge >= 0.3 is 0 Å². The summed E-state index contributed by atoms with van der Waals surface area (Å²) < 4.78 is 0. The minimum Gasteiger partial charge on any atom is -0.346 e. The van der Waals surface area contributed by atoms with Gasteiger partial charge in [0.2, 0.25) is 0 Å². The minimum absolute atomic E-state index is 0. The molecule has 96 valence electrons. The molecule has 0 bridgehead atoms. The van der Waals surface area contributed by atoms with Gasteiger partial charge in [-0.25, -0.2) is 0 Å². The number of amides is 1. The van der Waals surface area contributed by atoms with Gasteiger partial charge in [-0.05, 0) is 32.9 Å². The van der Waals surface area contributed by atoms with Crippen LogP contribution in [0.2, 0.25) is 0 Å². The van der Waals surface area contributed by atoms with Crippen molar-refractivity contribution in [1.82, 2.24) is 10.3 Å². The van der Waals surface area contributed by atoms with Gasteiger partial charge in [-0.15, -0.1) is 12.4 Å². The Balaban J connectivity index is 0.00000256. The average Bonchev–Trinajstić information content (AvgIpc) is 2.16. The smallest absolute Gasteiger partial charge is 0.260 e. The number of carbonyl (C=O) groups is 1. The molecule has 17 heavy (non-hydrogen) atoms. The number of rotatable bonds is 3. The van der Waals surface area contributed by atoms with E-state index in [0.29, 0.717) is 6.54 Å². The van der Waals surface area contributed by atoms with Gasteiger partial charge in [-0.1, -0.05) is 0 Å². The zero-order valence-electron chi connectivity index (χ0n) is 10.2. The fourth-order valence-electron chi connectivity index (χ4n) is 1.18. The van der Waals surface area contributed by atoms with Crippen molar-refractivity contribution in [2.75, 3.05) is 6.54 Å². The second kappa shape index (κ2) is 5.84. The maximum atomic E-state index is 11.8. The minimum atomic E-state index is -0.519. The highest BCUT2D eigenvalue weighted by atomic mass is 35.5. The van der Waals surface area contributed by atoms with Gasteiger partial charge in [0.1, 0.15) is 5.56 Å². The summed E-state index contributed by atoms with van der Waals surface area (Å²) >= 11 is 0. The summed E-state index contributed by atoms with van der Waals surface area (Å²) in [4.78, 5) is 25.8. The van der Waals surface area contributed by atoms with Crippen LogP contribution in [-0.2, 0) is 0 Å². The van der Waals surface area contributed by atoms with Gasteiger partial charge in [0, 0.05) is 17.8 Å². The van der Waals surface area contributed by atoms with Crippen molar-refractivity contribution in [3.05, 3.63) is 33.7 Å². The Kier molecular flexibility index (Phi) is 5.38. The summed E-state index contributed by atoms with van der Waals surface area (Å²) in [6.07, 6.45) is 0. The van der Waals surface area contributed by atoms with E-state index in [2.05, 4.69) is 10.3 Å². The van der Waals surface area contributed by atoms with Gasteiger partial charge in [-0.3, -0.25) is 9.59 Å². The Morgan fingerprint density at radius 2 is 2.06 bits per heavy atom. The molecule has 0 aliphatic heterocycles. The largest absolute Gasteiger partial charge is 0.346 e. The van der Waals surface area contributed by atoms with Crippen LogP contribution in [0.4, 0.5) is 0 Å². The number of hydrogen-bond acceptors (Lipinski definition) is 3. The highest BCUT2D eigenvalue weighted by Crippen LogP contribution is 2.01. The number of pyridine rings is 1. The van der Waals surface area contributed by atoms with E-state index in [-0.39, 0.29) is 23.5 Å². The normalized spacial score (nSPS) is 10.6. The number of aryl methyl sites for hydroxylation is 1. The number of nitrogens with two attached hydrogens (primary N) is 1. The van der Waals surface area contributed by atoms with Crippen molar-refractivity contribution < 1.29 is 4.79 Å². The predicted molar refractivity (Wildman–Crippen MR) is 69.6 cm³/mol. The van der Waals surface area contributed by atoms with Crippen molar-refractivity contribution in [1.29, 1.82) is 0 Å². The van der Waals surface area contributed by atoms with Gasteiger partial charge in [-0.2, -0.15) is 0 Å². The third kappa shape index (κ3) is 4.20. The van der Waals surface area contributed by atoms with Gasteiger partial charge in [0.15, 0.2) is 0 Å². The van der Waals surface area contributed by atoms with E-state index in [9.17, 15) is 9.59 Å². The number of carbonyl (C=O) groups excluding carboxylic acids is 1. The van der Waals surface area contributed by atoms with Crippen LogP contribution in [0.1, 0.15) is 29.9 Å². The second-order valence-electron chi connectivity index (χ2n) is 4.43. The molecule has 0 aliphatic carbocycles. The SMILES string of the molecule is Cc1ccc(C(=O)NC(C)(C)CN)c(=O)[nH]1.Cl. The van der Waals surface area contributed by atoms with Crippen molar-refractivity contribution in [2.45, 2.75) is 26.3 Å². The summed E-state index contributed by atoms with van der Waals surface area (Å²) in [5, 5.41) is 2.70. The van der Waals surface area contributed by atoms with Crippen LogP contribution in [0.25, 0.3) is 0 Å². The Morgan fingerprint density at radius 3 is 2.53 bits per heavy atom. The van der Waals surface area contributed by atoms with Crippen LogP contribution in [0.3, 0.4) is 0 Å². The predicted octanol–water partition coefficient (Wildman–Crippen LogP) is 0.572. The summed E-state index contributed by atoms with van der Waals surface area (Å²) in [6, 6.07) is 3.20. The van der Waals surface area contributed by atoms with E-state index in [4.69, 9.17) is 5.73 Å². The first kappa shape index (κ1) is 15.7. The second-order valence-corrected chi connectivity index (χ2v) is 4.43. The summed E-state index contributed by atoms with van der Waals surface area (Å²) in [6.45, 7) is 5.66. The Bertz CT molecular complexity index is 454. The highest BCUT2D eigenvalue weighted by Gasteiger charge is 2.20. The Morgan fingerprint density at radius 1 is 1.47 bits per heavy atom. The van der Waals surface area contributed by atoms with Crippen LogP contribution in [-0.4, -0.2) is 23.0 Å². The van der Waals surface area contributed by atoms with E-state index in [1.165, 1.54) is 6.07 Å². The van der Waals surface area contributed by atoms with Crippen LogP contribution >= 0.6 is 12.4 Å². The van der Waals surface area contributed by atoms with Crippen LogP contribution in [0.15, 0.2) is 16.9 Å². The average molecular weight is 260 g/mol. The summed E-state index contributed by atoms with van der Waals surface area (Å²) in [7, 11) is 0. The molecule has 4 N–H and O–H groups in total. The van der Waals surface area contributed by atoms with Crippen LogP contribution < -0.4 is 16.6 Å². The maximum absolute atomic E-state index is 11.8. The molecule has 0 aromatic carbocycles. The molecule has 1 rings (SSSR count). The number of hydrogen-bond donors (Lipinski definition) is 3. The number of nitrogens with one attached hydrogen (secondary N) is 2. The topological polar surface area (TPSA) is 88.0 Å². The van der Waals surface area contributed by atoms with Gasteiger partial charge in [0.25, 0.3) is 11.5 Å². The first-order valence-electron chi connectivity index (χ1n) is 5.08. The quantitative estimate of drug-likeness (QED) is 0.742. The molecule has 0 fully saturated rings. The molecule has 0 saturated carbocycles. The van der Waals surface area contributed by atoms with E-state index in [0.717, 1.165) is 5.69 Å². The lowest BCUT2D eigenvalue weighted by Crippen LogP contribution is -2.49. The lowest BCUT2D eigenvalue weighted by molar-refractivity contribution is 0.0914. The Labute approximate surface area is 106 Å². The number of aromatic nitrogens is 1. The Hall–Kier alpha value is -1.33. The molecular weight excluding hydrogens is 242 g/mol. The van der Waals surface area contributed by atoms with E-state index < -0.39 is 11.4 Å². The van der Waals surface area contributed by atoms with E-state index >= 15 is 0 Å². The lowest BCUT2D eigenvalue weighted by atomic mass is 10.1. The number of halogens is 1. The molecular formula is C11H18ClN3O2. The van der Waals surface area contributed by atoms with E-state index in [1.54, 1.807) is 26.8 Å². The third-order valence-electron chi connectivity index (χ3n) is 2.26. The molecule has 0 unspecified atom stereocenters. The molecule has 1 aromatic heterocycles. The molecule has 0 aliphatic rings. The summed E-state index contributed by atoms with van der Waals surface area (Å²) in [5.74, 6) is -0.406. The van der Waals surface area contributed by atoms with Gasteiger partial charge in [0.05, 0.1) is 0 Å². The third-order valence-corrected chi connectivity index (χ3v) is 2.26. The van der Waals surface area contributed by atoms with Crippen molar-refractivity contribution in [3.63, 3.8) is 0 Å². The molecule has 6 heteroatoms. The summed E-state index contributed by atoms with van der Waals surface area (Å²) in [5.41, 5.74) is 5.42. The monoisotopic (exact) mass is 259 g/mol. The molecule has 0 atom stereocenters. The van der Waals surface area contributed by atoms with Crippen molar-refractivity contribution >= 4 is 18.3 Å². The standard InChI is InChI=1S/C11H17N3O2.ClH/c1-7-4-5-8(9(15)13-7)10(16)14-11(2,3)6-12;/h4-5H,6,12H2,1-3H3,(H,13,15)(H,14,16);1H. The fraction of sp³-hybridized carbons (Fsp3) is 0.455. The zero-order chi connectivity index (χ0) is 12.3. The molecule has 0 saturated heterocycles. The first-order valence-corrected chi connectivity index (χ1v) is 5.08. The molecule has 1 amide bonds.